The molecule has 0 saturated carbocycles. The van der Waals surface area contributed by atoms with Gasteiger partial charge in [-0.3, -0.25) is 4.21 Å². The van der Waals surface area contributed by atoms with Gasteiger partial charge in [-0.1, -0.05) is 18.2 Å². The predicted molar refractivity (Wildman–Crippen MR) is 81.4 cm³/mol. The van der Waals surface area contributed by atoms with Gasteiger partial charge in [-0.15, -0.1) is 0 Å². The van der Waals surface area contributed by atoms with Gasteiger partial charge in [0, 0.05) is 12.4 Å². The summed E-state index contributed by atoms with van der Waals surface area (Å²) in [6.45, 7) is 0. The van der Waals surface area contributed by atoms with E-state index in [1.807, 2.05) is 59.3 Å². The summed E-state index contributed by atoms with van der Waals surface area (Å²) in [6.07, 6.45) is 3.83. The topological polar surface area (TPSA) is 63.1 Å². The highest BCUT2D eigenvalue weighted by molar-refractivity contribution is 7.84. The maximum atomic E-state index is 12.4. The molecule has 0 saturated heterocycles. The average Bonchev–Trinajstić information content (AvgIpc) is 3.10. The monoisotopic (exact) mass is 296 g/mol. The molecule has 1 N–H and O–H groups in total. The van der Waals surface area contributed by atoms with Crippen molar-refractivity contribution in [1.29, 1.82) is 0 Å². The van der Waals surface area contributed by atoms with Crippen molar-refractivity contribution in [1.82, 2.24) is 19.4 Å². The Bertz CT molecular complexity index is 890. The Morgan fingerprint density at radius 1 is 1.10 bits per heavy atom. The van der Waals surface area contributed by atoms with E-state index in [9.17, 15) is 4.21 Å². The lowest BCUT2D eigenvalue weighted by atomic mass is 10.3. The lowest BCUT2D eigenvalue weighted by Gasteiger charge is -1.94. The van der Waals surface area contributed by atoms with Crippen LogP contribution in [0.25, 0.3) is 16.7 Å². The van der Waals surface area contributed by atoms with Gasteiger partial charge in [0.15, 0.2) is 5.16 Å². The van der Waals surface area contributed by atoms with Gasteiger partial charge in [-0.2, -0.15) is 0 Å². The van der Waals surface area contributed by atoms with Crippen LogP contribution >= 0.6 is 0 Å². The summed E-state index contributed by atoms with van der Waals surface area (Å²) in [4.78, 5) is 11.9. The summed E-state index contributed by atoms with van der Waals surface area (Å²) >= 11 is 0. The van der Waals surface area contributed by atoms with E-state index in [1.54, 1.807) is 0 Å². The Kier molecular flexibility index (Phi) is 2.82. The molecule has 21 heavy (non-hydrogen) atoms. The quantitative estimate of drug-likeness (QED) is 0.632. The van der Waals surface area contributed by atoms with Gasteiger partial charge in [0.05, 0.1) is 33.3 Å². The first-order valence-electron chi connectivity index (χ1n) is 6.55. The molecule has 0 amide bonds. The number of benzene rings is 1. The van der Waals surface area contributed by atoms with Gasteiger partial charge in [0.2, 0.25) is 0 Å². The molecule has 0 aliphatic heterocycles. The zero-order valence-electron chi connectivity index (χ0n) is 11.1. The van der Waals surface area contributed by atoms with E-state index < -0.39 is 10.8 Å². The number of nitrogens with zero attached hydrogens (tertiary/aromatic N) is 3. The molecule has 3 heterocycles. The van der Waals surface area contributed by atoms with Crippen LogP contribution in [-0.2, 0) is 16.6 Å². The molecule has 6 heteroatoms. The molecular formula is C15H12N4OS. The van der Waals surface area contributed by atoms with E-state index in [1.165, 1.54) is 0 Å². The molecule has 1 atom stereocenters. The molecule has 4 aromatic rings. The van der Waals surface area contributed by atoms with Crippen LogP contribution in [0.4, 0.5) is 0 Å². The second-order valence-electron chi connectivity index (χ2n) is 4.75. The number of imidazole rings is 2. The first kappa shape index (κ1) is 12.3. The Morgan fingerprint density at radius 2 is 1.95 bits per heavy atom. The van der Waals surface area contributed by atoms with Crippen molar-refractivity contribution in [2.75, 3.05) is 0 Å². The van der Waals surface area contributed by atoms with Crippen LogP contribution in [0.5, 0.6) is 0 Å². The van der Waals surface area contributed by atoms with E-state index in [0.29, 0.717) is 10.9 Å². The fourth-order valence-corrected chi connectivity index (χ4v) is 3.27. The molecule has 104 valence electrons. The first-order chi connectivity index (χ1) is 10.3. The average molecular weight is 296 g/mol. The SMILES string of the molecule is O=S(Cc1cn2ccccc2n1)c1nc2ccccc2[nH]1. The van der Waals surface area contributed by atoms with Crippen molar-refractivity contribution in [2.24, 2.45) is 0 Å². The maximum absolute atomic E-state index is 12.4. The van der Waals surface area contributed by atoms with Crippen LogP contribution in [0.3, 0.4) is 0 Å². The van der Waals surface area contributed by atoms with E-state index in [-0.39, 0.29) is 0 Å². The molecule has 1 aromatic carbocycles. The van der Waals surface area contributed by atoms with Crippen molar-refractivity contribution in [3.05, 3.63) is 60.6 Å². The van der Waals surface area contributed by atoms with Crippen LogP contribution in [0.15, 0.2) is 60.0 Å². The minimum atomic E-state index is -1.24. The third-order valence-electron chi connectivity index (χ3n) is 3.28. The normalized spacial score (nSPS) is 13.0. The first-order valence-corrected chi connectivity index (χ1v) is 7.87. The van der Waals surface area contributed by atoms with Gasteiger partial charge in [0.25, 0.3) is 0 Å². The number of rotatable bonds is 3. The second-order valence-corrected chi connectivity index (χ2v) is 6.11. The third-order valence-corrected chi connectivity index (χ3v) is 4.46. The summed E-state index contributed by atoms with van der Waals surface area (Å²) in [5.41, 5.74) is 3.38. The van der Waals surface area contributed by atoms with Crippen LogP contribution in [0.1, 0.15) is 5.69 Å². The Hall–Kier alpha value is -2.47. The molecular weight excluding hydrogens is 284 g/mol. The molecule has 5 nitrogen and oxygen atoms in total. The lowest BCUT2D eigenvalue weighted by molar-refractivity contribution is 0.677. The van der Waals surface area contributed by atoms with Crippen molar-refractivity contribution in [3.8, 4) is 0 Å². The Labute approximate surface area is 123 Å². The number of fused-ring (bicyclic) bond motifs is 2. The number of para-hydroxylation sites is 2. The zero-order valence-corrected chi connectivity index (χ0v) is 11.9. The summed E-state index contributed by atoms with van der Waals surface area (Å²) in [5.74, 6) is 0.349. The van der Waals surface area contributed by atoms with Gasteiger partial charge in [-0.05, 0) is 24.3 Å². The van der Waals surface area contributed by atoms with Crippen LogP contribution in [0, 0.1) is 0 Å². The van der Waals surface area contributed by atoms with Crippen LogP contribution < -0.4 is 0 Å². The molecule has 4 rings (SSSR count). The maximum Gasteiger partial charge on any atom is 0.197 e. The number of H-pyrrole nitrogens is 1. The molecule has 0 aliphatic carbocycles. The minimum Gasteiger partial charge on any atom is -0.331 e. The number of aromatic nitrogens is 4. The highest BCUT2D eigenvalue weighted by Gasteiger charge is 2.12. The molecule has 0 spiro atoms. The van der Waals surface area contributed by atoms with Gasteiger partial charge in [-0.25, -0.2) is 9.97 Å². The summed E-state index contributed by atoms with van der Waals surface area (Å²) in [5, 5.41) is 0.494. The van der Waals surface area contributed by atoms with Gasteiger partial charge < -0.3 is 9.38 Å². The highest BCUT2D eigenvalue weighted by atomic mass is 32.2. The smallest absolute Gasteiger partial charge is 0.197 e. The van der Waals surface area contributed by atoms with Crippen molar-refractivity contribution in [3.63, 3.8) is 0 Å². The van der Waals surface area contributed by atoms with E-state index in [4.69, 9.17) is 0 Å². The highest BCUT2D eigenvalue weighted by Crippen LogP contribution is 2.15. The molecule has 1 unspecified atom stereocenters. The third kappa shape index (κ3) is 2.23. The standard InChI is InChI=1S/C15H12N4OS/c20-21(15-17-12-5-1-2-6-13(12)18-15)10-11-9-19-8-4-3-7-14(19)16-11/h1-9H,10H2,(H,17,18). The van der Waals surface area contributed by atoms with Crippen molar-refractivity contribution >= 4 is 27.5 Å². The molecule has 3 aromatic heterocycles. The minimum absolute atomic E-state index is 0.349. The van der Waals surface area contributed by atoms with Crippen molar-refractivity contribution < 1.29 is 4.21 Å². The van der Waals surface area contributed by atoms with Crippen LogP contribution in [-0.4, -0.2) is 23.6 Å². The molecule has 0 radical (unpaired) electrons. The number of pyridine rings is 1. The number of hydrogen-bond donors (Lipinski definition) is 1. The molecule has 0 aliphatic rings. The van der Waals surface area contributed by atoms with Crippen LogP contribution in [0.2, 0.25) is 0 Å². The Balaban J connectivity index is 1.65. The zero-order chi connectivity index (χ0) is 14.2. The number of nitrogens with one attached hydrogen (secondary N) is 1. The summed E-state index contributed by atoms with van der Waals surface area (Å²) in [6, 6.07) is 13.5. The number of aromatic amines is 1. The Morgan fingerprint density at radius 3 is 2.81 bits per heavy atom. The summed E-state index contributed by atoms with van der Waals surface area (Å²) < 4.78 is 14.4. The molecule has 0 fully saturated rings. The fourth-order valence-electron chi connectivity index (χ4n) is 2.30. The van der Waals surface area contributed by atoms with E-state index in [2.05, 4.69) is 15.0 Å². The van der Waals surface area contributed by atoms with E-state index >= 15 is 0 Å². The van der Waals surface area contributed by atoms with Crippen molar-refractivity contribution in [2.45, 2.75) is 10.9 Å². The largest absolute Gasteiger partial charge is 0.331 e. The number of hydrogen-bond acceptors (Lipinski definition) is 3. The van der Waals surface area contributed by atoms with E-state index in [0.717, 1.165) is 22.4 Å². The van der Waals surface area contributed by atoms with Gasteiger partial charge >= 0.3 is 0 Å². The lowest BCUT2D eigenvalue weighted by Crippen LogP contribution is -1.98. The molecule has 0 bridgehead atoms. The van der Waals surface area contributed by atoms with Gasteiger partial charge in [0.1, 0.15) is 5.65 Å². The predicted octanol–water partition coefficient (Wildman–Crippen LogP) is 2.52. The summed E-state index contributed by atoms with van der Waals surface area (Å²) in [7, 11) is -1.24. The second kappa shape index (κ2) is 4.82. The fraction of sp³-hybridized carbons (Fsp3) is 0.0667.